The van der Waals surface area contributed by atoms with E-state index < -0.39 is 0 Å². The van der Waals surface area contributed by atoms with Crippen molar-refractivity contribution >= 4 is 17.3 Å². The smallest absolute Gasteiger partial charge is 0.223 e. The van der Waals surface area contributed by atoms with Crippen molar-refractivity contribution in [1.82, 2.24) is 10.1 Å². The second-order valence-electron chi connectivity index (χ2n) is 2.91. The molecule has 2 aromatic rings. The van der Waals surface area contributed by atoms with E-state index in [2.05, 4.69) is 10.1 Å². The van der Waals surface area contributed by atoms with Crippen LogP contribution in [-0.4, -0.2) is 10.1 Å². The predicted molar refractivity (Wildman–Crippen MR) is 53.9 cm³/mol. The van der Waals surface area contributed by atoms with Crippen LogP contribution in [0.5, 0.6) is 0 Å². The van der Waals surface area contributed by atoms with Crippen molar-refractivity contribution in [1.29, 1.82) is 0 Å². The summed E-state index contributed by atoms with van der Waals surface area (Å²) in [5.74, 6) is 1.01. The van der Waals surface area contributed by atoms with E-state index in [0.29, 0.717) is 22.4 Å². The lowest BCUT2D eigenvalue weighted by atomic mass is 10.2. The van der Waals surface area contributed by atoms with Crippen molar-refractivity contribution in [3.8, 4) is 11.4 Å². The molecule has 0 amide bonds. The van der Waals surface area contributed by atoms with Gasteiger partial charge >= 0.3 is 0 Å². The molecule has 0 saturated carbocycles. The Bertz CT molecular complexity index is 447. The van der Waals surface area contributed by atoms with Gasteiger partial charge in [-0.2, -0.15) is 4.98 Å². The molecule has 0 radical (unpaired) electrons. The third-order valence-electron chi connectivity index (χ3n) is 1.71. The zero-order chi connectivity index (χ0) is 10.1. The fourth-order valence-corrected chi connectivity index (χ4v) is 1.40. The molecule has 0 spiro atoms. The molecule has 0 aliphatic heterocycles. The highest BCUT2D eigenvalue weighted by Gasteiger charge is 2.06. The van der Waals surface area contributed by atoms with Crippen LogP contribution in [0.4, 0.5) is 5.69 Å². The monoisotopic (exact) mass is 209 g/mol. The summed E-state index contributed by atoms with van der Waals surface area (Å²) in [5, 5.41) is 4.33. The number of anilines is 1. The molecule has 1 aromatic heterocycles. The molecule has 5 heteroatoms. The van der Waals surface area contributed by atoms with Crippen LogP contribution in [0, 0.1) is 6.92 Å². The lowest BCUT2D eigenvalue weighted by molar-refractivity contribution is 0.394. The number of hydrogen-bond donors (Lipinski definition) is 1. The van der Waals surface area contributed by atoms with Crippen molar-refractivity contribution in [3.05, 3.63) is 29.1 Å². The number of hydrogen-bond acceptors (Lipinski definition) is 4. The van der Waals surface area contributed by atoms with Gasteiger partial charge in [0.1, 0.15) is 0 Å². The Morgan fingerprint density at radius 2 is 2.14 bits per heavy atom. The molecule has 1 heterocycles. The maximum absolute atomic E-state index is 5.84. The first-order chi connectivity index (χ1) is 6.65. The molecule has 2 rings (SSSR count). The Kier molecular flexibility index (Phi) is 2.13. The van der Waals surface area contributed by atoms with Crippen LogP contribution in [0.3, 0.4) is 0 Å². The Hall–Kier alpha value is -1.55. The van der Waals surface area contributed by atoms with Crippen LogP contribution in [0.25, 0.3) is 11.4 Å². The highest BCUT2D eigenvalue weighted by Crippen LogP contribution is 2.23. The lowest BCUT2D eigenvalue weighted by Gasteiger charge is -1.98. The Morgan fingerprint density at radius 1 is 1.36 bits per heavy atom. The van der Waals surface area contributed by atoms with Gasteiger partial charge in [0.25, 0.3) is 0 Å². The molecule has 0 atom stereocenters. The minimum Gasteiger partial charge on any atom is -0.399 e. The average Bonchev–Trinajstić information content (AvgIpc) is 2.50. The van der Waals surface area contributed by atoms with Gasteiger partial charge in [-0.25, -0.2) is 0 Å². The summed E-state index contributed by atoms with van der Waals surface area (Å²) in [7, 11) is 0. The summed E-state index contributed by atoms with van der Waals surface area (Å²) in [5.41, 5.74) is 6.97. The molecule has 0 bridgehead atoms. The normalized spacial score (nSPS) is 10.4. The van der Waals surface area contributed by atoms with Gasteiger partial charge in [-0.3, -0.25) is 0 Å². The van der Waals surface area contributed by atoms with Gasteiger partial charge in [-0.05, 0) is 18.2 Å². The average molecular weight is 210 g/mol. The fraction of sp³-hybridized carbons (Fsp3) is 0.111. The van der Waals surface area contributed by atoms with E-state index in [4.69, 9.17) is 21.9 Å². The number of aromatic nitrogens is 2. The number of rotatable bonds is 1. The van der Waals surface area contributed by atoms with E-state index in [-0.39, 0.29) is 0 Å². The predicted octanol–water partition coefficient (Wildman–Crippen LogP) is 2.28. The summed E-state index contributed by atoms with van der Waals surface area (Å²) >= 11 is 5.84. The molecule has 2 N–H and O–H groups in total. The first kappa shape index (κ1) is 9.02. The van der Waals surface area contributed by atoms with Crippen molar-refractivity contribution in [2.45, 2.75) is 6.92 Å². The van der Waals surface area contributed by atoms with Crippen LogP contribution in [-0.2, 0) is 0 Å². The minimum atomic E-state index is 0.497. The molecule has 0 saturated heterocycles. The first-order valence-electron chi connectivity index (χ1n) is 4.02. The molecule has 0 aliphatic carbocycles. The summed E-state index contributed by atoms with van der Waals surface area (Å²) in [6.45, 7) is 1.73. The number of nitrogens with zero attached hydrogens (tertiary/aromatic N) is 2. The molecule has 4 nitrogen and oxygen atoms in total. The topological polar surface area (TPSA) is 64.9 Å². The van der Waals surface area contributed by atoms with Gasteiger partial charge in [0.05, 0.1) is 0 Å². The van der Waals surface area contributed by atoms with Crippen molar-refractivity contribution in [2.24, 2.45) is 0 Å². The van der Waals surface area contributed by atoms with Crippen LogP contribution >= 0.6 is 11.6 Å². The molecule has 0 unspecified atom stereocenters. The Balaban J connectivity index is 2.51. The van der Waals surface area contributed by atoms with E-state index in [9.17, 15) is 0 Å². The standard InChI is InChI=1S/C9H8ClN3O/c1-5-12-9(13-14-5)6-2-7(10)4-8(11)3-6/h2-4H,11H2,1H3. The second-order valence-corrected chi connectivity index (χ2v) is 3.35. The number of nitrogens with two attached hydrogens (primary N) is 1. The maximum atomic E-state index is 5.84. The molecular weight excluding hydrogens is 202 g/mol. The third-order valence-corrected chi connectivity index (χ3v) is 1.92. The first-order valence-corrected chi connectivity index (χ1v) is 4.40. The quantitative estimate of drug-likeness (QED) is 0.732. The molecule has 72 valence electrons. The van der Waals surface area contributed by atoms with Crippen LogP contribution < -0.4 is 5.73 Å². The largest absolute Gasteiger partial charge is 0.399 e. The van der Waals surface area contributed by atoms with E-state index in [1.165, 1.54) is 0 Å². The fourth-order valence-electron chi connectivity index (χ4n) is 1.16. The number of benzene rings is 1. The van der Waals surface area contributed by atoms with Gasteiger partial charge in [0, 0.05) is 23.2 Å². The minimum absolute atomic E-state index is 0.497. The van der Waals surface area contributed by atoms with Crippen molar-refractivity contribution in [2.75, 3.05) is 5.73 Å². The Morgan fingerprint density at radius 3 is 2.71 bits per heavy atom. The van der Waals surface area contributed by atoms with Crippen LogP contribution in [0.2, 0.25) is 5.02 Å². The second kappa shape index (κ2) is 3.31. The van der Waals surface area contributed by atoms with E-state index in [1.807, 2.05) is 0 Å². The third kappa shape index (κ3) is 1.70. The van der Waals surface area contributed by atoms with Crippen molar-refractivity contribution < 1.29 is 4.52 Å². The molecule has 0 fully saturated rings. The zero-order valence-corrected chi connectivity index (χ0v) is 8.25. The summed E-state index contributed by atoms with van der Waals surface area (Å²) in [6, 6.07) is 5.15. The highest BCUT2D eigenvalue weighted by atomic mass is 35.5. The van der Waals surface area contributed by atoms with E-state index >= 15 is 0 Å². The van der Waals surface area contributed by atoms with Crippen LogP contribution in [0.15, 0.2) is 22.7 Å². The summed E-state index contributed by atoms with van der Waals surface area (Å²) < 4.78 is 4.85. The van der Waals surface area contributed by atoms with E-state index in [0.717, 1.165) is 5.56 Å². The van der Waals surface area contributed by atoms with Gasteiger partial charge in [0.15, 0.2) is 0 Å². The summed E-state index contributed by atoms with van der Waals surface area (Å²) in [6.07, 6.45) is 0. The van der Waals surface area contributed by atoms with Crippen LogP contribution in [0.1, 0.15) is 5.89 Å². The van der Waals surface area contributed by atoms with Gasteiger partial charge < -0.3 is 10.3 Å². The number of halogens is 1. The number of nitrogen functional groups attached to an aromatic ring is 1. The SMILES string of the molecule is Cc1nc(-c2cc(N)cc(Cl)c2)no1. The number of aryl methyl sites for hydroxylation is 1. The highest BCUT2D eigenvalue weighted by molar-refractivity contribution is 6.31. The molecule has 14 heavy (non-hydrogen) atoms. The van der Waals surface area contributed by atoms with Gasteiger partial charge in [-0.1, -0.05) is 16.8 Å². The van der Waals surface area contributed by atoms with E-state index in [1.54, 1.807) is 25.1 Å². The molecule has 1 aromatic carbocycles. The Labute approximate surface area is 85.7 Å². The zero-order valence-electron chi connectivity index (χ0n) is 7.49. The lowest BCUT2D eigenvalue weighted by Crippen LogP contribution is -1.87. The van der Waals surface area contributed by atoms with Crippen molar-refractivity contribution in [3.63, 3.8) is 0 Å². The van der Waals surface area contributed by atoms with Gasteiger partial charge in [0.2, 0.25) is 11.7 Å². The van der Waals surface area contributed by atoms with Gasteiger partial charge in [-0.15, -0.1) is 0 Å². The summed E-state index contributed by atoms with van der Waals surface area (Å²) in [4.78, 5) is 4.07. The molecule has 0 aliphatic rings. The maximum Gasteiger partial charge on any atom is 0.223 e. The molecular formula is C9H8ClN3O.